The van der Waals surface area contributed by atoms with Crippen LogP contribution in [0, 0.1) is 5.82 Å². The van der Waals surface area contributed by atoms with Gasteiger partial charge >= 0.3 is 0 Å². The van der Waals surface area contributed by atoms with Gasteiger partial charge in [-0.25, -0.2) is 17.8 Å². The molecule has 1 amide bonds. The summed E-state index contributed by atoms with van der Waals surface area (Å²) in [5.41, 5.74) is 0.798. The van der Waals surface area contributed by atoms with Gasteiger partial charge in [-0.3, -0.25) is 9.69 Å². The van der Waals surface area contributed by atoms with E-state index in [1.807, 2.05) is 24.5 Å². The smallest absolute Gasteiger partial charge is 0.229 e. The highest BCUT2D eigenvalue weighted by Gasteiger charge is 2.27. The molecule has 6 nitrogen and oxygen atoms in total. The van der Waals surface area contributed by atoms with E-state index in [0.717, 1.165) is 40.1 Å². The highest BCUT2D eigenvalue weighted by molar-refractivity contribution is 7.98. The Morgan fingerprint density at radius 1 is 1.28 bits per heavy atom. The second-order valence-electron chi connectivity index (χ2n) is 7.49. The van der Waals surface area contributed by atoms with E-state index in [0.29, 0.717) is 18.3 Å². The maximum Gasteiger partial charge on any atom is 0.229 e. The number of hydrogen-bond acceptors (Lipinski definition) is 7. The largest absolute Gasteiger partial charge is 0.376 e. The minimum Gasteiger partial charge on any atom is -0.376 e. The van der Waals surface area contributed by atoms with Crippen LogP contribution in [0.1, 0.15) is 19.3 Å². The molecule has 1 saturated heterocycles. The summed E-state index contributed by atoms with van der Waals surface area (Å²) in [6.45, 7) is 0.993. The van der Waals surface area contributed by atoms with E-state index in [4.69, 9.17) is 4.74 Å². The summed E-state index contributed by atoms with van der Waals surface area (Å²) >= 11 is 3.04. The first-order valence-electron chi connectivity index (χ1n) is 10.2. The SMILES string of the molecule is CSc1ccc2nc(N(CC3CCCO3)C(=O)CCS(=O)(=O)c3ccc(F)cc3)sc2c1. The first-order valence-corrected chi connectivity index (χ1v) is 13.9. The number of ether oxygens (including phenoxy) is 1. The molecule has 0 N–H and O–H groups in total. The maximum absolute atomic E-state index is 13.2. The van der Waals surface area contributed by atoms with Crippen LogP contribution < -0.4 is 4.90 Å². The van der Waals surface area contributed by atoms with Crippen molar-refractivity contribution in [3.05, 3.63) is 48.3 Å². The summed E-state index contributed by atoms with van der Waals surface area (Å²) in [6, 6.07) is 10.6. The Kier molecular flexibility index (Phi) is 7.14. The van der Waals surface area contributed by atoms with Crippen LogP contribution in [0.3, 0.4) is 0 Å². The van der Waals surface area contributed by atoms with Crippen LogP contribution in [0.25, 0.3) is 10.2 Å². The topological polar surface area (TPSA) is 76.6 Å². The van der Waals surface area contributed by atoms with Crippen LogP contribution in [-0.2, 0) is 19.4 Å². The molecule has 32 heavy (non-hydrogen) atoms. The van der Waals surface area contributed by atoms with E-state index in [-0.39, 0.29) is 29.1 Å². The van der Waals surface area contributed by atoms with Gasteiger partial charge in [0.1, 0.15) is 5.82 Å². The van der Waals surface area contributed by atoms with Gasteiger partial charge < -0.3 is 4.74 Å². The zero-order valence-electron chi connectivity index (χ0n) is 17.5. The number of nitrogens with zero attached hydrogens (tertiary/aromatic N) is 2. The highest BCUT2D eigenvalue weighted by Crippen LogP contribution is 2.32. The molecule has 1 atom stereocenters. The Hall–Kier alpha value is -2.01. The van der Waals surface area contributed by atoms with Crippen LogP contribution in [0.5, 0.6) is 0 Å². The van der Waals surface area contributed by atoms with E-state index >= 15 is 0 Å². The van der Waals surface area contributed by atoms with Gasteiger partial charge in [0, 0.05) is 17.9 Å². The van der Waals surface area contributed by atoms with Crippen molar-refractivity contribution < 1.29 is 22.3 Å². The van der Waals surface area contributed by atoms with Gasteiger partial charge in [-0.05, 0) is 61.6 Å². The number of thioether (sulfide) groups is 1. The monoisotopic (exact) mass is 494 g/mol. The van der Waals surface area contributed by atoms with Crippen molar-refractivity contribution in [3.8, 4) is 0 Å². The van der Waals surface area contributed by atoms with Gasteiger partial charge in [-0.15, -0.1) is 11.8 Å². The summed E-state index contributed by atoms with van der Waals surface area (Å²) in [7, 11) is -3.71. The second kappa shape index (κ2) is 9.86. The molecule has 0 saturated carbocycles. The Morgan fingerprint density at radius 2 is 2.06 bits per heavy atom. The number of halogens is 1. The average molecular weight is 495 g/mol. The molecule has 1 aliphatic heterocycles. The molecular weight excluding hydrogens is 471 g/mol. The minimum atomic E-state index is -3.71. The van der Waals surface area contributed by atoms with Gasteiger partial charge in [0.05, 0.1) is 33.5 Å². The van der Waals surface area contributed by atoms with E-state index in [9.17, 15) is 17.6 Å². The number of amides is 1. The first-order chi connectivity index (χ1) is 15.4. The molecule has 3 aromatic rings. The Labute approximate surface area is 194 Å². The van der Waals surface area contributed by atoms with Crippen LogP contribution in [0.4, 0.5) is 9.52 Å². The third-order valence-electron chi connectivity index (χ3n) is 5.28. The molecule has 170 valence electrons. The zero-order chi connectivity index (χ0) is 22.7. The lowest BCUT2D eigenvalue weighted by molar-refractivity contribution is -0.118. The number of sulfone groups is 1. The third-order valence-corrected chi connectivity index (χ3v) is 8.78. The predicted octanol–water partition coefficient (Wildman–Crippen LogP) is 4.53. The van der Waals surface area contributed by atoms with Crippen LogP contribution >= 0.6 is 23.1 Å². The first kappa shape index (κ1) is 23.2. The van der Waals surface area contributed by atoms with Crippen LogP contribution in [-0.4, -0.2) is 50.6 Å². The van der Waals surface area contributed by atoms with Crippen molar-refractivity contribution in [3.63, 3.8) is 0 Å². The molecule has 1 fully saturated rings. The molecule has 0 radical (unpaired) electrons. The van der Waals surface area contributed by atoms with Crippen molar-refractivity contribution in [1.29, 1.82) is 0 Å². The fourth-order valence-electron chi connectivity index (χ4n) is 3.53. The molecule has 0 bridgehead atoms. The summed E-state index contributed by atoms with van der Waals surface area (Å²) < 4.78 is 45.1. The molecule has 10 heteroatoms. The molecule has 1 aliphatic rings. The number of anilines is 1. The molecule has 2 aromatic carbocycles. The van der Waals surface area contributed by atoms with Gasteiger partial charge in [0.15, 0.2) is 15.0 Å². The number of fused-ring (bicyclic) bond motifs is 1. The lowest BCUT2D eigenvalue weighted by Crippen LogP contribution is -2.38. The maximum atomic E-state index is 13.2. The molecule has 1 unspecified atom stereocenters. The van der Waals surface area contributed by atoms with Gasteiger partial charge in [0.2, 0.25) is 5.91 Å². The number of carbonyl (C=O) groups excluding carboxylic acids is 1. The molecule has 4 rings (SSSR count). The van der Waals surface area contributed by atoms with Crippen molar-refractivity contribution in [2.24, 2.45) is 0 Å². The molecule has 0 aliphatic carbocycles. The molecule has 1 aromatic heterocycles. The third kappa shape index (κ3) is 5.31. The van der Waals surface area contributed by atoms with Gasteiger partial charge in [-0.1, -0.05) is 11.3 Å². The molecule has 2 heterocycles. The summed E-state index contributed by atoms with van der Waals surface area (Å²) in [5, 5.41) is 0.540. The number of rotatable bonds is 8. The number of benzene rings is 2. The fourth-order valence-corrected chi connectivity index (χ4v) is 6.31. The van der Waals surface area contributed by atoms with Gasteiger partial charge in [-0.2, -0.15) is 0 Å². The van der Waals surface area contributed by atoms with Crippen molar-refractivity contribution in [1.82, 2.24) is 4.98 Å². The van der Waals surface area contributed by atoms with E-state index in [1.165, 1.54) is 23.5 Å². The predicted molar refractivity (Wildman–Crippen MR) is 126 cm³/mol. The summed E-state index contributed by atoms with van der Waals surface area (Å²) in [4.78, 5) is 20.5. The Bertz CT molecular complexity index is 1210. The van der Waals surface area contributed by atoms with E-state index < -0.39 is 15.7 Å². The number of carbonyl (C=O) groups is 1. The van der Waals surface area contributed by atoms with E-state index in [2.05, 4.69) is 4.98 Å². The van der Waals surface area contributed by atoms with Crippen molar-refractivity contribution >= 4 is 54.2 Å². The molecular formula is C22H23FN2O4S3. The van der Waals surface area contributed by atoms with Crippen LogP contribution in [0.15, 0.2) is 52.3 Å². The lowest BCUT2D eigenvalue weighted by Gasteiger charge is -2.23. The minimum absolute atomic E-state index is 0.00181. The summed E-state index contributed by atoms with van der Waals surface area (Å²) in [6.07, 6.45) is 3.49. The normalized spacial score (nSPS) is 16.5. The fraction of sp³-hybridized carbons (Fsp3) is 0.364. The van der Waals surface area contributed by atoms with Crippen molar-refractivity contribution in [2.45, 2.75) is 35.2 Å². The zero-order valence-corrected chi connectivity index (χ0v) is 19.9. The van der Waals surface area contributed by atoms with Gasteiger partial charge in [0.25, 0.3) is 0 Å². The number of thiazole rings is 1. The average Bonchev–Trinajstić information content (AvgIpc) is 3.45. The number of aromatic nitrogens is 1. The van der Waals surface area contributed by atoms with Crippen LogP contribution in [0.2, 0.25) is 0 Å². The lowest BCUT2D eigenvalue weighted by atomic mass is 10.2. The molecule has 0 spiro atoms. The standard InChI is InChI=1S/C22H23FN2O4S3/c1-30-17-6-9-19-20(13-17)31-22(24-19)25(14-16-3-2-11-29-16)21(26)10-12-32(27,28)18-7-4-15(23)5-8-18/h4-9,13,16H,2-3,10-12,14H2,1H3. The number of hydrogen-bond donors (Lipinski definition) is 0. The van der Waals surface area contributed by atoms with Crippen molar-refractivity contribution in [2.75, 3.05) is 30.1 Å². The Balaban J connectivity index is 1.55. The summed E-state index contributed by atoms with van der Waals surface area (Å²) in [5.74, 6) is -1.19. The highest BCUT2D eigenvalue weighted by atomic mass is 32.2. The second-order valence-corrected chi connectivity index (χ2v) is 11.5. The quantitative estimate of drug-likeness (QED) is 0.338. The van der Waals surface area contributed by atoms with E-state index in [1.54, 1.807) is 16.7 Å². The Morgan fingerprint density at radius 3 is 2.75 bits per heavy atom.